The highest BCUT2D eigenvalue weighted by atomic mass is 32.2. The maximum Gasteiger partial charge on any atom is 0.460 e. The monoisotopic (exact) mass is 500 g/mol. The molecular formula is C8HF17O3S. The summed E-state index contributed by atoms with van der Waals surface area (Å²) in [5.74, 6) is -51.1. The first-order valence-corrected chi connectivity index (χ1v) is 6.71. The molecule has 0 radical (unpaired) electrons. The van der Waals surface area contributed by atoms with E-state index in [4.69, 9.17) is 4.55 Å². The van der Waals surface area contributed by atoms with Crippen molar-refractivity contribution in [3.8, 4) is 0 Å². The van der Waals surface area contributed by atoms with Crippen LogP contribution in [0.1, 0.15) is 0 Å². The summed E-state index contributed by atoms with van der Waals surface area (Å²) >= 11 is -4.72. The Labute approximate surface area is 148 Å². The summed E-state index contributed by atoms with van der Waals surface area (Å²) in [6, 6.07) is 0. The van der Waals surface area contributed by atoms with E-state index >= 15 is 0 Å². The molecule has 0 rings (SSSR count). The third-order valence-electron chi connectivity index (χ3n) is 2.87. The van der Waals surface area contributed by atoms with Crippen LogP contribution in [0.15, 0.2) is 0 Å². The van der Waals surface area contributed by atoms with Crippen molar-refractivity contribution in [2.24, 2.45) is 0 Å². The van der Waals surface area contributed by atoms with Gasteiger partial charge in [0.25, 0.3) is 0 Å². The second-order valence-corrected chi connectivity index (χ2v) is 5.36. The van der Waals surface area contributed by atoms with E-state index < -0.39 is 59.2 Å². The quantitative estimate of drug-likeness (QED) is 0.373. The summed E-state index contributed by atoms with van der Waals surface area (Å²) in [6.45, 7) is 0. The number of rotatable bonds is 8. The largest absolute Gasteiger partial charge is 0.460 e. The van der Waals surface area contributed by atoms with E-state index in [9.17, 15) is 78.8 Å². The van der Waals surface area contributed by atoms with Gasteiger partial charge in [-0.05, 0) is 0 Å². The predicted octanol–water partition coefficient (Wildman–Crippen LogP) is 5.11. The second kappa shape index (κ2) is 6.95. The Balaban J connectivity index is 6.69. The standard InChI is InChI=1S/C8HF17O3S/c9-1(10,3(13,14)5(17,18)7(21,22)23)2(11,12)4(15,16)6(19,20)8(24,25)28-29(26)27/h(H,26,27). The molecule has 0 aromatic heterocycles. The van der Waals surface area contributed by atoms with Gasteiger partial charge in [0.05, 0.1) is 0 Å². The van der Waals surface area contributed by atoms with Crippen LogP contribution in [0.3, 0.4) is 0 Å². The van der Waals surface area contributed by atoms with Crippen LogP contribution in [0.25, 0.3) is 0 Å². The predicted molar refractivity (Wildman–Crippen MR) is 52.5 cm³/mol. The zero-order chi connectivity index (χ0) is 24.3. The third kappa shape index (κ3) is 3.72. The van der Waals surface area contributed by atoms with E-state index in [1.54, 1.807) is 0 Å². The molecule has 1 atom stereocenters. The van der Waals surface area contributed by atoms with E-state index in [0.717, 1.165) is 0 Å². The SMILES string of the molecule is O=S(O)OC(F)(F)C(F)(F)C(F)(F)C(F)(F)C(F)(F)C(F)(F)C(F)(F)C(F)(F)F. The zero-order valence-corrected chi connectivity index (χ0v) is 12.9. The van der Waals surface area contributed by atoms with Crippen LogP contribution in [0.5, 0.6) is 0 Å². The normalized spacial score (nSPS) is 17.4. The van der Waals surface area contributed by atoms with Crippen LogP contribution in [-0.4, -0.2) is 56.6 Å². The fourth-order valence-corrected chi connectivity index (χ4v) is 1.58. The minimum atomic E-state index is -8.76. The van der Waals surface area contributed by atoms with Crippen LogP contribution in [0, 0.1) is 0 Å². The average molecular weight is 500 g/mol. The maximum atomic E-state index is 13.1. The van der Waals surface area contributed by atoms with Gasteiger partial charge in [-0.25, -0.2) is 0 Å². The molecular weight excluding hydrogens is 499 g/mol. The van der Waals surface area contributed by atoms with E-state index in [2.05, 4.69) is 0 Å². The highest BCUT2D eigenvalue weighted by Gasteiger charge is 2.95. The highest BCUT2D eigenvalue weighted by molar-refractivity contribution is 7.74. The number of halogens is 17. The van der Waals surface area contributed by atoms with Gasteiger partial charge in [0.1, 0.15) is 0 Å². The molecule has 0 saturated carbocycles. The summed E-state index contributed by atoms with van der Waals surface area (Å²) in [5.41, 5.74) is 0. The topological polar surface area (TPSA) is 46.5 Å². The Morgan fingerprint density at radius 3 is 0.966 bits per heavy atom. The van der Waals surface area contributed by atoms with Gasteiger partial charge in [0, 0.05) is 0 Å². The van der Waals surface area contributed by atoms with Gasteiger partial charge in [0.15, 0.2) is 0 Å². The summed E-state index contributed by atoms with van der Waals surface area (Å²) in [5, 5.41) is 0. The second-order valence-electron chi connectivity index (χ2n) is 4.76. The lowest BCUT2D eigenvalue weighted by atomic mass is 9.91. The van der Waals surface area contributed by atoms with Crippen molar-refractivity contribution in [1.82, 2.24) is 0 Å². The lowest BCUT2D eigenvalue weighted by Crippen LogP contribution is -2.74. The molecule has 0 bridgehead atoms. The van der Waals surface area contributed by atoms with Crippen molar-refractivity contribution in [2.45, 2.75) is 47.8 Å². The summed E-state index contributed by atoms with van der Waals surface area (Å²) < 4.78 is 235. The molecule has 21 heteroatoms. The van der Waals surface area contributed by atoms with Crippen molar-refractivity contribution >= 4 is 11.4 Å². The molecule has 0 aromatic rings. The molecule has 0 saturated heterocycles. The Hall–Kier alpha value is -1.12. The molecule has 0 amide bonds. The minimum absolute atomic E-state index is 1.87. The van der Waals surface area contributed by atoms with Crippen LogP contribution in [0.2, 0.25) is 0 Å². The van der Waals surface area contributed by atoms with Crippen molar-refractivity contribution in [3.05, 3.63) is 0 Å². The van der Waals surface area contributed by atoms with Gasteiger partial charge < -0.3 is 0 Å². The Morgan fingerprint density at radius 1 is 0.483 bits per heavy atom. The average Bonchev–Trinajstić information content (AvgIpc) is 2.43. The molecule has 1 N–H and O–H groups in total. The Kier molecular flexibility index (Phi) is 6.69. The Bertz CT molecular complexity index is 637. The van der Waals surface area contributed by atoms with E-state index in [1.165, 1.54) is 0 Å². The van der Waals surface area contributed by atoms with Crippen LogP contribution in [-0.2, 0) is 15.5 Å². The highest BCUT2D eigenvalue weighted by Crippen LogP contribution is 2.64. The fraction of sp³-hybridized carbons (Fsp3) is 1.00. The lowest BCUT2D eigenvalue weighted by molar-refractivity contribution is -0.471. The number of hydrogen-bond donors (Lipinski definition) is 1. The maximum absolute atomic E-state index is 13.1. The van der Waals surface area contributed by atoms with E-state index in [0.29, 0.717) is 0 Å². The van der Waals surface area contributed by atoms with E-state index in [-0.39, 0.29) is 0 Å². The zero-order valence-electron chi connectivity index (χ0n) is 12.1. The molecule has 0 heterocycles. The fourth-order valence-electron chi connectivity index (χ4n) is 1.29. The molecule has 0 spiro atoms. The van der Waals surface area contributed by atoms with Crippen molar-refractivity contribution < 1.29 is 87.6 Å². The Morgan fingerprint density at radius 2 is 0.724 bits per heavy atom. The summed E-state index contributed by atoms with van der Waals surface area (Å²) in [6.07, 6.45) is -15.2. The van der Waals surface area contributed by atoms with Gasteiger partial charge in [-0.1, -0.05) is 0 Å². The minimum Gasteiger partial charge on any atom is -0.284 e. The summed E-state index contributed by atoms with van der Waals surface area (Å²) in [4.78, 5) is 0. The van der Waals surface area contributed by atoms with Crippen molar-refractivity contribution in [3.63, 3.8) is 0 Å². The molecule has 0 aliphatic carbocycles. The van der Waals surface area contributed by atoms with Gasteiger partial charge in [0.2, 0.25) is 0 Å². The summed E-state index contributed by atoms with van der Waals surface area (Å²) in [7, 11) is 0. The smallest absolute Gasteiger partial charge is 0.284 e. The van der Waals surface area contributed by atoms with Gasteiger partial charge in [-0.2, -0.15) is 83.0 Å². The molecule has 0 aromatic carbocycles. The van der Waals surface area contributed by atoms with Gasteiger partial charge in [-0.15, -0.1) is 0 Å². The van der Waals surface area contributed by atoms with Crippen LogP contribution < -0.4 is 0 Å². The number of alkyl halides is 17. The van der Waals surface area contributed by atoms with Crippen molar-refractivity contribution in [1.29, 1.82) is 0 Å². The number of hydrogen-bond acceptors (Lipinski definition) is 2. The lowest BCUT2D eigenvalue weighted by Gasteiger charge is -2.42. The van der Waals surface area contributed by atoms with Crippen LogP contribution >= 0.6 is 0 Å². The van der Waals surface area contributed by atoms with Crippen LogP contribution in [0.4, 0.5) is 74.6 Å². The first-order valence-electron chi connectivity index (χ1n) is 5.68. The molecule has 176 valence electrons. The third-order valence-corrected chi connectivity index (χ3v) is 3.22. The van der Waals surface area contributed by atoms with E-state index in [1.807, 2.05) is 4.18 Å². The molecule has 0 aliphatic rings. The van der Waals surface area contributed by atoms with Gasteiger partial charge in [-0.3, -0.25) is 4.55 Å². The first kappa shape index (κ1) is 27.9. The molecule has 29 heavy (non-hydrogen) atoms. The van der Waals surface area contributed by atoms with Gasteiger partial charge >= 0.3 is 59.2 Å². The first-order chi connectivity index (χ1) is 12.2. The molecule has 0 aliphatic heterocycles. The molecule has 0 fully saturated rings. The molecule has 1 unspecified atom stereocenters. The molecule has 3 nitrogen and oxygen atoms in total. The van der Waals surface area contributed by atoms with Crippen molar-refractivity contribution in [2.75, 3.05) is 0 Å².